The Balaban J connectivity index is 1.69. The van der Waals surface area contributed by atoms with Gasteiger partial charge in [0.1, 0.15) is 11.4 Å². The van der Waals surface area contributed by atoms with Gasteiger partial charge in [0.2, 0.25) is 0 Å². The number of hydrogen-bond donors (Lipinski definition) is 2. The minimum atomic E-state index is -0.0514. The highest BCUT2D eigenvalue weighted by Gasteiger charge is 2.28. The van der Waals surface area contributed by atoms with E-state index in [1.165, 1.54) is 12.8 Å². The van der Waals surface area contributed by atoms with Crippen LogP contribution in [0.2, 0.25) is 0 Å². The molecule has 1 aliphatic rings. The molecular formula is C17H20N2O2. The Morgan fingerprint density at radius 1 is 1.38 bits per heavy atom. The van der Waals surface area contributed by atoms with Crippen LogP contribution in [0.3, 0.4) is 0 Å². The molecule has 1 aromatic heterocycles. The Morgan fingerprint density at radius 3 is 2.90 bits per heavy atom. The SMILES string of the molecule is COc1cc(C)ccc1CNC(=O)c1[nH]ccc1C1CC1. The molecule has 3 rings (SSSR count). The molecule has 4 nitrogen and oxygen atoms in total. The topological polar surface area (TPSA) is 54.1 Å². The summed E-state index contributed by atoms with van der Waals surface area (Å²) in [6, 6.07) is 8.00. The molecule has 0 bridgehead atoms. The first-order valence-electron chi connectivity index (χ1n) is 7.28. The number of benzene rings is 1. The second-order valence-corrected chi connectivity index (χ2v) is 5.58. The molecule has 1 saturated carbocycles. The molecule has 0 spiro atoms. The summed E-state index contributed by atoms with van der Waals surface area (Å²) in [6.45, 7) is 2.48. The lowest BCUT2D eigenvalue weighted by molar-refractivity contribution is 0.0945. The summed E-state index contributed by atoms with van der Waals surface area (Å²) >= 11 is 0. The van der Waals surface area contributed by atoms with Gasteiger partial charge in [0.05, 0.1) is 7.11 Å². The van der Waals surface area contributed by atoms with Crippen molar-refractivity contribution in [2.75, 3.05) is 7.11 Å². The third kappa shape index (κ3) is 2.94. The van der Waals surface area contributed by atoms with E-state index < -0.39 is 0 Å². The van der Waals surface area contributed by atoms with E-state index >= 15 is 0 Å². The number of aromatic amines is 1. The molecule has 110 valence electrons. The fraction of sp³-hybridized carbons (Fsp3) is 0.353. The molecule has 1 aromatic carbocycles. The van der Waals surface area contributed by atoms with Crippen molar-refractivity contribution < 1.29 is 9.53 Å². The van der Waals surface area contributed by atoms with Crippen molar-refractivity contribution in [1.29, 1.82) is 0 Å². The van der Waals surface area contributed by atoms with Gasteiger partial charge in [-0.05, 0) is 48.9 Å². The number of H-pyrrole nitrogens is 1. The number of ether oxygens (including phenoxy) is 1. The zero-order valence-electron chi connectivity index (χ0n) is 12.4. The smallest absolute Gasteiger partial charge is 0.268 e. The van der Waals surface area contributed by atoms with Crippen molar-refractivity contribution in [1.82, 2.24) is 10.3 Å². The Bertz CT molecular complexity index is 657. The molecule has 2 N–H and O–H groups in total. The number of carbonyl (C=O) groups excluding carboxylic acids is 1. The van der Waals surface area contributed by atoms with Gasteiger partial charge in [-0.2, -0.15) is 0 Å². The van der Waals surface area contributed by atoms with Gasteiger partial charge in [-0.3, -0.25) is 4.79 Å². The zero-order chi connectivity index (χ0) is 14.8. The Labute approximate surface area is 124 Å². The van der Waals surface area contributed by atoms with Crippen LogP contribution in [-0.2, 0) is 6.54 Å². The fourth-order valence-corrected chi connectivity index (χ4v) is 2.57. The number of hydrogen-bond acceptors (Lipinski definition) is 2. The molecule has 1 aliphatic carbocycles. The normalized spacial score (nSPS) is 14.0. The van der Waals surface area contributed by atoms with E-state index in [1.54, 1.807) is 7.11 Å². The van der Waals surface area contributed by atoms with Crippen molar-refractivity contribution in [3.8, 4) is 5.75 Å². The quantitative estimate of drug-likeness (QED) is 0.886. The van der Waals surface area contributed by atoms with Crippen LogP contribution in [0.4, 0.5) is 0 Å². The van der Waals surface area contributed by atoms with Crippen LogP contribution >= 0.6 is 0 Å². The average molecular weight is 284 g/mol. The number of nitrogens with one attached hydrogen (secondary N) is 2. The summed E-state index contributed by atoms with van der Waals surface area (Å²) in [5, 5.41) is 2.97. The van der Waals surface area contributed by atoms with E-state index in [1.807, 2.05) is 37.4 Å². The highest BCUT2D eigenvalue weighted by molar-refractivity contribution is 5.94. The van der Waals surface area contributed by atoms with Crippen molar-refractivity contribution in [3.63, 3.8) is 0 Å². The van der Waals surface area contributed by atoms with Gasteiger partial charge in [-0.15, -0.1) is 0 Å². The second-order valence-electron chi connectivity index (χ2n) is 5.58. The van der Waals surface area contributed by atoms with E-state index in [4.69, 9.17) is 4.74 Å². The largest absolute Gasteiger partial charge is 0.496 e. The van der Waals surface area contributed by atoms with E-state index in [0.29, 0.717) is 18.2 Å². The van der Waals surface area contributed by atoms with Gasteiger partial charge in [0.15, 0.2) is 0 Å². The molecule has 1 heterocycles. The number of carbonyl (C=O) groups is 1. The van der Waals surface area contributed by atoms with Gasteiger partial charge >= 0.3 is 0 Å². The van der Waals surface area contributed by atoms with Gasteiger partial charge in [0.25, 0.3) is 5.91 Å². The van der Waals surface area contributed by atoms with E-state index in [0.717, 1.165) is 22.4 Å². The highest BCUT2D eigenvalue weighted by Crippen LogP contribution is 2.41. The van der Waals surface area contributed by atoms with Crippen molar-refractivity contribution >= 4 is 5.91 Å². The van der Waals surface area contributed by atoms with E-state index in [9.17, 15) is 4.79 Å². The van der Waals surface area contributed by atoms with Gasteiger partial charge < -0.3 is 15.0 Å². The summed E-state index contributed by atoms with van der Waals surface area (Å²) in [6.07, 6.45) is 4.21. The van der Waals surface area contributed by atoms with Gasteiger partial charge in [-0.25, -0.2) is 0 Å². The molecular weight excluding hydrogens is 264 g/mol. The number of aryl methyl sites for hydroxylation is 1. The van der Waals surface area contributed by atoms with Crippen LogP contribution in [-0.4, -0.2) is 18.0 Å². The number of aromatic nitrogens is 1. The van der Waals surface area contributed by atoms with Gasteiger partial charge in [0, 0.05) is 18.3 Å². The molecule has 4 heteroatoms. The lowest BCUT2D eigenvalue weighted by Crippen LogP contribution is -2.24. The number of amides is 1. The number of methoxy groups -OCH3 is 1. The highest BCUT2D eigenvalue weighted by atomic mass is 16.5. The zero-order valence-corrected chi connectivity index (χ0v) is 12.4. The predicted octanol–water partition coefficient (Wildman–Crippen LogP) is 3.14. The van der Waals surface area contributed by atoms with Crippen molar-refractivity contribution in [3.05, 3.63) is 52.8 Å². The minimum Gasteiger partial charge on any atom is -0.496 e. The van der Waals surface area contributed by atoms with Crippen LogP contribution in [0.1, 0.15) is 45.9 Å². The first kappa shape index (κ1) is 13.7. The second kappa shape index (κ2) is 5.64. The summed E-state index contributed by atoms with van der Waals surface area (Å²) in [4.78, 5) is 15.4. The van der Waals surface area contributed by atoms with Crippen LogP contribution < -0.4 is 10.1 Å². The summed E-state index contributed by atoms with van der Waals surface area (Å²) < 4.78 is 5.36. The van der Waals surface area contributed by atoms with Crippen molar-refractivity contribution in [2.24, 2.45) is 0 Å². The summed E-state index contributed by atoms with van der Waals surface area (Å²) in [7, 11) is 1.65. The van der Waals surface area contributed by atoms with Gasteiger partial charge in [-0.1, -0.05) is 12.1 Å². The molecule has 0 atom stereocenters. The predicted molar refractivity (Wildman–Crippen MR) is 81.7 cm³/mol. The number of rotatable bonds is 5. The van der Waals surface area contributed by atoms with Crippen LogP contribution in [0.15, 0.2) is 30.5 Å². The molecule has 21 heavy (non-hydrogen) atoms. The van der Waals surface area contributed by atoms with Crippen LogP contribution in [0.5, 0.6) is 5.75 Å². The Kier molecular flexibility index (Phi) is 3.69. The minimum absolute atomic E-state index is 0.0514. The Morgan fingerprint density at radius 2 is 2.19 bits per heavy atom. The lowest BCUT2D eigenvalue weighted by Gasteiger charge is -2.11. The third-order valence-corrected chi connectivity index (χ3v) is 3.91. The first-order valence-corrected chi connectivity index (χ1v) is 7.28. The summed E-state index contributed by atoms with van der Waals surface area (Å²) in [5.74, 6) is 1.32. The molecule has 1 amide bonds. The maximum absolute atomic E-state index is 12.3. The molecule has 0 saturated heterocycles. The molecule has 2 aromatic rings. The maximum Gasteiger partial charge on any atom is 0.268 e. The van der Waals surface area contributed by atoms with Crippen LogP contribution in [0.25, 0.3) is 0 Å². The monoisotopic (exact) mass is 284 g/mol. The van der Waals surface area contributed by atoms with Crippen LogP contribution in [0, 0.1) is 6.92 Å². The molecule has 0 unspecified atom stereocenters. The lowest BCUT2D eigenvalue weighted by atomic mass is 10.1. The molecule has 0 aliphatic heterocycles. The first-order chi connectivity index (χ1) is 10.2. The Hall–Kier alpha value is -2.23. The maximum atomic E-state index is 12.3. The van der Waals surface area contributed by atoms with E-state index in [2.05, 4.69) is 10.3 Å². The fourth-order valence-electron chi connectivity index (χ4n) is 2.57. The summed E-state index contributed by atoms with van der Waals surface area (Å²) in [5.41, 5.74) is 3.96. The van der Waals surface area contributed by atoms with E-state index in [-0.39, 0.29) is 5.91 Å². The van der Waals surface area contributed by atoms with Crippen molar-refractivity contribution in [2.45, 2.75) is 32.2 Å². The standard InChI is InChI=1S/C17H20N2O2/c1-11-3-4-13(15(9-11)21-2)10-19-17(20)16-14(7-8-18-16)12-5-6-12/h3-4,7-9,12,18H,5-6,10H2,1-2H3,(H,19,20). The molecule has 1 fully saturated rings. The molecule has 0 radical (unpaired) electrons. The average Bonchev–Trinajstić information content (AvgIpc) is 3.22. The third-order valence-electron chi connectivity index (χ3n) is 3.91.